The van der Waals surface area contributed by atoms with Gasteiger partial charge >= 0.3 is 0 Å². The molecule has 18 heavy (non-hydrogen) atoms. The number of halogens is 2. The quantitative estimate of drug-likeness (QED) is 0.781. The van der Waals surface area contributed by atoms with Gasteiger partial charge in [-0.3, -0.25) is 4.79 Å². The molecule has 4 nitrogen and oxygen atoms in total. The lowest BCUT2D eigenvalue weighted by atomic mass is 10.1. The second kappa shape index (κ2) is 5.03. The van der Waals surface area contributed by atoms with Crippen LogP contribution in [0.2, 0.25) is 0 Å². The van der Waals surface area contributed by atoms with Crippen LogP contribution in [-0.4, -0.2) is 20.5 Å². The van der Waals surface area contributed by atoms with Gasteiger partial charge < -0.3 is 0 Å². The lowest BCUT2D eigenvalue weighted by molar-refractivity contribution is 0.0985. The van der Waals surface area contributed by atoms with Crippen molar-refractivity contribution in [2.75, 3.05) is 0 Å². The minimum atomic E-state index is -0.859. The van der Waals surface area contributed by atoms with Gasteiger partial charge in [0.05, 0.1) is 12.0 Å². The molecule has 1 heterocycles. The molecule has 0 bridgehead atoms. The van der Waals surface area contributed by atoms with Crippen LogP contribution < -0.4 is 0 Å². The zero-order chi connectivity index (χ0) is 13.1. The maximum absolute atomic E-state index is 13.4. The smallest absolute Gasteiger partial charge is 0.173 e. The minimum absolute atomic E-state index is 0.0591. The van der Waals surface area contributed by atoms with Gasteiger partial charge in [-0.2, -0.15) is 5.10 Å². The Labute approximate surface area is 102 Å². The van der Waals surface area contributed by atoms with Crippen LogP contribution in [0.15, 0.2) is 24.5 Å². The molecule has 0 radical (unpaired) electrons. The number of hydrogen-bond acceptors (Lipinski definition) is 3. The molecule has 0 aliphatic carbocycles. The van der Waals surface area contributed by atoms with Crippen LogP contribution in [0.25, 0.3) is 0 Å². The Balaban J connectivity index is 2.22. The van der Waals surface area contributed by atoms with E-state index in [1.807, 2.05) is 6.92 Å². The highest BCUT2D eigenvalue weighted by Crippen LogP contribution is 2.12. The Hall–Kier alpha value is -2.11. The van der Waals surface area contributed by atoms with Crippen LogP contribution in [0.5, 0.6) is 0 Å². The summed E-state index contributed by atoms with van der Waals surface area (Å²) in [6.45, 7) is 2.44. The maximum Gasteiger partial charge on any atom is 0.173 e. The molecule has 0 saturated heterocycles. The number of carbonyl (C=O) groups excluding carboxylic acids is 1. The third-order valence-corrected chi connectivity index (χ3v) is 2.55. The van der Waals surface area contributed by atoms with Crippen LogP contribution in [0, 0.1) is 11.6 Å². The van der Waals surface area contributed by atoms with Gasteiger partial charge in [-0.05, 0) is 19.1 Å². The molecule has 94 valence electrons. The van der Waals surface area contributed by atoms with Gasteiger partial charge in [0.15, 0.2) is 5.78 Å². The minimum Gasteiger partial charge on any atom is -0.294 e. The lowest BCUT2D eigenvalue weighted by Gasteiger charge is -2.04. The van der Waals surface area contributed by atoms with Gasteiger partial charge in [-0.1, -0.05) is 0 Å². The van der Waals surface area contributed by atoms with Crippen molar-refractivity contribution < 1.29 is 13.6 Å². The van der Waals surface area contributed by atoms with Crippen LogP contribution in [-0.2, 0) is 13.0 Å². The average Bonchev–Trinajstić information content (AvgIpc) is 2.76. The number of benzene rings is 1. The number of rotatable bonds is 4. The van der Waals surface area contributed by atoms with Gasteiger partial charge in [0.1, 0.15) is 23.8 Å². The highest BCUT2D eigenvalue weighted by molar-refractivity contribution is 5.97. The number of nitrogens with zero attached hydrogens (tertiary/aromatic N) is 3. The first kappa shape index (κ1) is 12.3. The van der Waals surface area contributed by atoms with E-state index in [0.717, 1.165) is 12.1 Å². The van der Waals surface area contributed by atoms with Crippen molar-refractivity contribution in [1.29, 1.82) is 0 Å². The number of Topliss-reactive ketones (excluding diaryl/α,β-unsaturated/α-hetero) is 1. The largest absolute Gasteiger partial charge is 0.294 e. The number of carbonyl (C=O) groups is 1. The van der Waals surface area contributed by atoms with Crippen molar-refractivity contribution in [2.24, 2.45) is 0 Å². The SMILES string of the molecule is CCn1ncnc1CC(=O)c1ccc(F)cc1F. The molecule has 0 N–H and O–H groups in total. The average molecular weight is 251 g/mol. The third kappa shape index (κ3) is 2.42. The van der Waals surface area contributed by atoms with Crippen molar-refractivity contribution in [1.82, 2.24) is 14.8 Å². The Kier molecular flexibility index (Phi) is 3.45. The summed E-state index contributed by atoms with van der Waals surface area (Å²) >= 11 is 0. The Morgan fingerprint density at radius 2 is 2.17 bits per heavy atom. The molecule has 0 spiro atoms. The van der Waals surface area contributed by atoms with E-state index >= 15 is 0 Å². The van der Waals surface area contributed by atoms with Gasteiger partial charge in [0.25, 0.3) is 0 Å². The van der Waals surface area contributed by atoms with Gasteiger partial charge in [0.2, 0.25) is 0 Å². The summed E-state index contributed by atoms with van der Waals surface area (Å²) in [6.07, 6.45) is 1.28. The van der Waals surface area contributed by atoms with Gasteiger partial charge in [-0.25, -0.2) is 18.4 Å². The second-order valence-corrected chi connectivity index (χ2v) is 3.72. The molecule has 0 fully saturated rings. The molecule has 0 unspecified atom stereocenters. The van der Waals surface area contributed by atoms with Crippen molar-refractivity contribution >= 4 is 5.78 Å². The van der Waals surface area contributed by atoms with E-state index in [2.05, 4.69) is 10.1 Å². The first-order valence-corrected chi connectivity index (χ1v) is 5.46. The summed E-state index contributed by atoms with van der Waals surface area (Å²) < 4.78 is 27.7. The van der Waals surface area contributed by atoms with Crippen LogP contribution in [0.1, 0.15) is 23.1 Å². The number of aromatic nitrogens is 3. The summed E-state index contributed by atoms with van der Waals surface area (Å²) in [5, 5.41) is 3.92. The molecule has 0 aliphatic heterocycles. The fourth-order valence-electron chi connectivity index (χ4n) is 1.64. The fraction of sp³-hybridized carbons (Fsp3) is 0.250. The second-order valence-electron chi connectivity index (χ2n) is 3.72. The normalized spacial score (nSPS) is 10.6. The lowest BCUT2D eigenvalue weighted by Crippen LogP contribution is -2.12. The Bertz CT molecular complexity index is 580. The molecule has 0 aliphatic rings. The Morgan fingerprint density at radius 3 is 2.83 bits per heavy atom. The van der Waals surface area contributed by atoms with Gasteiger partial charge in [-0.15, -0.1) is 0 Å². The predicted octanol–water partition coefficient (Wildman–Crippen LogP) is 2.00. The molecule has 2 rings (SSSR count). The zero-order valence-electron chi connectivity index (χ0n) is 9.73. The highest BCUT2D eigenvalue weighted by Gasteiger charge is 2.15. The van der Waals surface area contributed by atoms with E-state index in [1.165, 1.54) is 6.33 Å². The first-order valence-electron chi connectivity index (χ1n) is 5.46. The zero-order valence-corrected chi connectivity index (χ0v) is 9.73. The van der Waals surface area contributed by atoms with Crippen molar-refractivity contribution in [2.45, 2.75) is 19.9 Å². The summed E-state index contributed by atoms with van der Waals surface area (Å²) in [6, 6.07) is 2.89. The van der Waals surface area contributed by atoms with E-state index in [9.17, 15) is 13.6 Å². The molecule has 2 aromatic rings. The molecule has 6 heteroatoms. The third-order valence-electron chi connectivity index (χ3n) is 2.55. The number of aryl methyl sites for hydroxylation is 1. The summed E-state index contributed by atoms with van der Waals surface area (Å²) in [7, 11) is 0. The van der Waals surface area contributed by atoms with E-state index < -0.39 is 17.4 Å². The topological polar surface area (TPSA) is 47.8 Å². The van der Waals surface area contributed by atoms with E-state index in [-0.39, 0.29) is 12.0 Å². The van der Waals surface area contributed by atoms with Crippen molar-refractivity contribution in [3.8, 4) is 0 Å². The number of hydrogen-bond donors (Lipinski definition) is 0. The molecular formula is C12H11F2N3O. The molecule has 0 saturated carbocycles. The summed E-state index contributed by atoms with van der Waals surface area (Å²) in [5.74, 6) is -1.55. The van der Waals surface area contributed by atoms with E-state index in [1.54, 1.807) is 4.68 Å². The van der Waals surface area contributed by atoms with E-state index in [0.29, 0.717) is 18.4 Å². The molecular weight excluding hydrogens is 240 g/mol. The maximum atomic E-state index is 13.4. The van der Waals surface area contributed by atoms with Crippen LogP contribution in [0.3, 0.4) is 0 Å². The van der Waals surface area contributed by atoms with Crippen LogP contribution in [0.4, 0.5) is 8.78 Å². The molecule has 1 aromatic carbocycles. The fourth-order valence-corrected chi connectivity index (χ4v) is 1.64. The Morgan fingerprint density at radius 1 is 1.39 bits per heavy atom. The first-order chi connectivity index (χ1) is 8.61. The van der Waals surface area contributed by atoms with Crippen molar-refractivity contribution in [3.63, 3.8) is 0 Å². The van der Waals surface area contributed by atoms with Crippen LogP contribution >= 0.6 is 0 Å². The molecule has 1 aromatic heterocycles. The number of ketones is 1. The van der Waals surface area contributed by atoms with Crippen molar-refractivity contribution in [3.05, 3.63) is 47.5 Å². The highest BCUT2D eigenvalue weighted by atomic mass is 19.1. The molecule has 0 atom stereocenters. The van der Waals surface area contributed by atoms with Gasteiger partial charge in [0, 0.05) is 12.6 Å². The monoisotopic (exact) mass is 251 g/mol. The molecule has 0 amide bonds. The summed E-state index contributed by atoms with van der Waals surface area (Å²) in [4.78, 5) is 15.8. The predicted molar refractivity (Wildman–Crippen MR) is 60.1 cm³/mol. The summed E-state index contributed by atoms with van der Waals surface area (Å²) in [5.41, 5.74) is -0.137. The standard InChI is InChI=1S/C12H11F2N3O/c1-2-17-12(15-7-16-17)6-11(18)9-4-3-8(13)5-10(9)14/h3-5,7H,2,6H2,1H3. The van der Waals surface area contributed by atoms with E-state index in [4.69, 9.17) is 0 Å².